The van der Waals surface area contributed by atoms with Crippen molar-refractivity contribution in [2.45, 2.75) is 13.8 Å². The first-order valence-corrected chi connectivity index (χ1v) is 6.51. The molecule has 0 aliphatic heterocycles. The molecule has 102 valence electrons. The van der Waals surface area contributed by atoms with Crippen LogP contribution in [0.1, 0.15) is 11.1 Å². The van der Waals surface area contributed by atoms with Crippen LogP contribution < -0.4 is 10.6 Å². The van der Waals surface area contributed by atoms with Crippen LogP contribution in [0.25, 0.3) is 11.1 Å². The first kappa shape index (κ1) is 12.5. The van der Waals surface area contributed by atoms with E-state index in [1.165, 1.54) is 11.1 Å². The van der Waals surface area contributed by atoms with Gasteiger partial charge in [0.1, 0.15) is 5.52 Å². The zero-order valence-corrected chi connectivity index (χ0v) is 11.8. The molecule has 0 saturated carbocycles. The molecule has 3 rings (SSSR count). The summed E-state index contributed by atoms with van der Waals surface area (Å²) >= 11 is 0. The molecule has 3 aromatic rings. The molecule has 0 radical (unpaired) electrons. The fourth-order valence-corrected chi connectivity index (χ4v) is 2.33. The van der Waals surface area contributed by atoms with Crippen molar-refractivity contribution in [2.24, 2.45) is 0 Å². The maximum atomic E-state index is 5.78. The highest BCUT2D eigenvalue weighted by Crippen LogP contribution is 2.28. The number of oxazole rings is 1. The zero-order valence-electron chi connectivity index (χ0n) is 11.8. The third-order valence-electron chi connectivity index (χ3n) is 3.28. The van der Waals surface area contributed by atoms with Crippen LogP contribution >= 0.6 is 0 Å². The van der Waals surface area contributed by atoms with Gasteiger partial charge in [-0.1, -0.05) is 6.07 Å². The number of nitrogen functional groups attached to an aromatic ring is 1. The van der Waals surface area contributed by atoms with Gasteiger partial charge in [0.15, 0.2) is 5.58 Å². The van der Waals surface area contributed by atoms with Gasteiger partial charge in [-0.15, -0.1) is 0 Å². The molecule has 0 atom stereocenters. The minimum atomic E-state index is 0.565. The molecule has 4 heteroatoms. The van der Waals surface area contributed by atoms with Gasteiger partial charge in [-0.05, 0) is 49.2 Å². The summed E-state index contributed by atoms with van der Waals surface area (Å²) in [5.74, 6) is 0. The maximum Gasteiger partial charge on any atom is 0.302 e. The molecule has 0 saturated heterocycles. The number of aryl methyl sites for hydroxylation is 2. The smallest absolute Gasteiger partial charge is 0.302 e. The number of fused-ring (bicyclic) bond motifs is 1. The number of hydrogen-bond acceptors (Lipinski definition) is 4. The summed E-state index contributed by atoms with van der Waals surface area (Å²) < 4.78 is 5.78. The summed E-state index contributed by atoms with van der Waals surface area (Å²) in [5, 5.41) is 0. The SMILES string of the molecule is Cc1cc(C)cc(N(C)c2nc3ccc(N)cc3o2)c1. The highest BCUT2D eigenvalue weighted by molar-refractivity contribution is 5.79. The van der Waals surface area contributed by atoms with E-state index in [2.05, 4.69) is 37.0 Å². The van der Waals surface area contributed by atoms with Gasteiger partial charge in [-0.25, -0.2) is 0 Å². The number of aromatic nitrogens is 1. The second kappa shape index (κ2) is 4.56. The van der Waals surface area contributed by atoms with Crippen LogP contribution in [0.4, 0.5) is 17.4 Å². The van der Waals surface area contributed by atoms with Crippen molar-refractivity contribution >= 4 is 28.5 Å². The molecule has 4 nitrogen and oxygen atoms in total. The molecule has 2 aromatic carbocycles. The quantitative estimate of drug-likeness (QED) is 0.718. The topological polar surface area (TPSA) is 55.3 Å². The van der Waals surface area contributed by atoms with Crippen LogP contribution in [0.2, 0.25) is 0 Å². The summed E-state index contributed by atoms with van der Waals surface area (Å²) in [7, 11) is 1.95. The van der Waals surface area contributed by atoms with E-state index in [1.807, 2.05) is 24.1 Å². The molecule has 0 bridgehead atoms. The van der Waals surface area contributed by atoms with E-state index in [1.54, 1.807) is 6.07 Å². The summed E-state index contributed by atoms with van der Waals surface area (Å²) in [4.78, 5) is 6.43. The summed E-state index contributed by atoms with van der Waals surface area (Å²) in [6.45, 7) is 4.16. The van der Waals surface area contributed by atoms with Crippen molar-refractivity contribution in [3.8, 4) is 0 Å². The first-order chi connectivity index (χ1) is 9.52. The van der Waals surface area contributed by atoms with Crippen molar-refractivity contribution in [1.82, 2.24) is 4.98 Å². The Kier molecular flexibility index (Phi) is 2.86. The van der Waals surface area contributed by atoms with Crippen LogP contribution in [0.5, 0.6) is 0 Å². The molecule has 0 unspecified atom stereocenters. The summed E-state index contributed by atoms with van der Waals surface area (Å²) in [6, 6.07) is 12.4. The normalized spacial score (nSPS) is 10.9. The van der Waals surface area contributed by atoms with Crippen LogP contribution in [-0.2, 0) is 0 Å². The Hall–Kier alpha value is -2.49. The number of hydrogen-bond donors (Lipinski definition) is 1. The van der Waals surface area contributed by atoms with Crippen LogP contribution in [0.15, 0.2) is 40.8 Å². The molecular weight excluding hydrogens is 250 g/mol. The highest BCUT2D eigenvalue weighted by Gasteiger charge is 2.12. The largest absolute Gasteiger partial charge is 0.423 e. The Morgan fingerprint density at radius 1 is 1.05 bits per heavy atom. The minimum absolute atomic E-state index is 0.565. The lowest BCUT2D eigenvalue weighted by Crippen LogP contribution is -2.10. The van der Waals surface area contributed by atoms with E-state index in [9.17, 15) is 0 Å². The van der Waals surface area contributed by atoms with Crippen molar-refractivity contribution in [1.29, 1.82) is 0 Å². The molecule has 0 aliphatic carbocycles. The number of nitrogens with two attached hydrogens (primary N) is 1. The highest BCUT2D eigenvalue weighted by atomic mass is 16.4. The lowest BCUT2D eigenvalue weighted by Gasteiger charge is -2.15. The van der Waals surface area contributed by atoms with Crippen LogP contribution in [0, 0.1) is 13.8 Å². The van der Waals surface area contributed by atoms with Gasteiger partial charge < -0.3 is 10.2 Å². The standard InChI is InChI=1S/C16H17N3O/c1-10-6-11(2)8-13(7-10)19(3)16-18-14-5-4-12(17)9-15(14)20-16/h4-9H,17H2,1-3H3. The van der Waals surface area contributed by atoms with Crippen molar-refractivity contribution < 1.29 is 4.42 Å². The molecule has 0 aliphatic rings. The molecule has 0 amide bonds. The van der Waals surface area contributed by atoms with E-state index in [-0.39, 0.29) is 0 Å². The van der Waals surface area contributed by atoms with E-state index in [4.69, 9.17) is 10.2 Å². The third kappa shape index (κ3) is 2.20. The Labute approximate surface area is 117 Å². The van der Waals surface area contributed by atoms with E-state index < -0.39 is 0 Å². The lowest BCUT2D eigenvalue weighted by atomic mass is 10.1. The zero-order chi connectivity index (χ0) is 14.3. The monoisotopic (exact) mass is 267 g/mol. The number of anilines is 3. The van der Waals surface area contributed by atoms with Crippen molar-refractivity contribution in [3.05, 3.63) is 47.5 Å². The number of nitrogens with zero attached hydrogens (tertiary/aromatic N) is 2. The molecule has 0 spiro atoms. The predicted octanol–water partition coefficient (Wildman–Crippen LogP) is 3.79. The summed E-state index contributed by atoms with van der Waals surface area (Å²) in [6.07, 6.45) is 0. The van der Waals surface area contributed by atoms with Gasteiger partial charge >= 0.3 is 6.01 Å². The van der Waals surface area contributed by atoms with Gasteiger partial charge in [0, 0.05) is 24.5 Å². The Bertz CT molecular complexity index is 756. The lowest BCUT2D eigenvalue weighted by molar-refractivity contribution is 0.603. The second-order valence-electron chi connectivity index (χ2n) is 5.13. The fourth-order valence-electron chi connectivity index (χ4n) is 2.33. The van der Waals surface area contributed by atoms with Crippen molar-refractivity contribution in [3.63, 3.8) is 0 Å². The molecule has 0 fully saturated rings. The summed E-state index contributed by atoms with van der Waals surface area (Å²) in [5.41, 5.74) is 11.4. The average molecular weight is 267 g/mol. The maximum absolute atomic E-state index is 5.78. The van der Waals surface area contributed by atoms with Gasteiger partial charge in [0.2, 0.25) is 0 Å². The third-order valence-corrected chi connectivity index (χ3v) is 3.28. The number of rotatable bonds is 2. The predicted molar refractivity (Wildman–Crippen MR) is 82.4 cm³/mol. The Balaban J connectivity index is 2.05. The molecule has 1 aromatic heterocycles. The average Bonchev–Trinajstić information content (AvgIpc) is 2.79. The van der Waals surface area contributed by atoms with Gasteiger partial charge in [-0.3, -0.25) is 4.90 Å². The molecular formula is C16H17N3O. The first-order valence-electron chi connectivity index (χ1n) is 6.51. The van der Waals surface area contributed by atoms with E-state index in [0.717, 1.165) is 11.2 Å². The van der Waals surface area contributed by atoms with Gasteiger partial charge in [0.05, 0.1) is 0 Å². The van der Waals surface area contributed by atoms with Gasteiger partial charge in [0.25, 0.3) is 0 Å². The van der Waals surface area contributed by atoms with Gasteiger partial charge in [-0.2, -0.15) is 4.98 Å². The van der Waals surface area contributed by atoms with Crippen molar-refractivity contribution in [2.75, 3.05) is 17.7 Å². The molecule has 1 heterocycles. The molecule has 2 N–H and O–H groups in total. The van der Waals surface area contributed by atoms with E-state index >= 15 is 0 Å². The Morgan fingerprint density at radius 3 is 2.45 bits per heavy atom. The fraction of sp³-hybridized carbons (Fsp3) is 0.188. The minimum Gasteiger partial charge on any atom is -0.423 e. The van der Waals surface area contributed by atoms with E-state index in [0.29, 0.717) is 17.3 Å². The Morgan fingerprint density at radius 2 is 1.75 bits per heavy atom. The van der Waals surface area contributed by atoms with Crippen LogP contribution in [-0.4, -0.2) is 12.0 Å². The second-order valence-corrected chi connectivity index (χ2v) is 5.13. The molecule has 20 heavy (non-hydrogen) atoms. The van der Waals surface area contributed by atoms with Crippen LogP contribution in [0.3, 0.4) is 0 Å². The number of benzene rings is 2.